The Morgan fingerprint density at radius 1 is 1.10 bits per heavy atom. The van der Waals surface area contributed by atoms with E-state index in [-0.39, 0.29) is 22.8 Å². The Morgan fingerprint density at radius 2 is 1.74 bits per heavy atom. The van der Waals surface area contributed by atoms with E-state index in [0.717, 1.165) is 30.0 Å². The summed E-state index contributed by atoms with van der Waals surface area (Å²) in [5.41, 5.74) is 0.786. The van der Waals surface area contributed by atoms with Gasteiger partial charge in [0.05, 0.1) is 0 Å². The molecule has 6 nitrogen and oxygen atoms in total. The monoisotopic (exact) mass is 422 g/mol. The molecule has 4 aliphatic rings. The summed E-state index contributed by atoms with van der Waals surface area (Å²) in [6.45, 7) is 2.50. The largest absolute Gasteiger partial charge is 0.425 e. The number of fused-ring (bicyclic) bond motifs is 1. The fourth-order valence-corrected chi connectivity index (χ4v) is 6.73. The van der Waals surface area contributed by atoms with Gasteiger partial charge in [-0.3, -0.25) is 9.36 Å². The summed E-state index contributed by atoms with van der Waals surface area (Å²) in [4.78, 5) is 26.2. The minimum absolute atomic E-state index is 0.0649. The van der Waals surface area contributed by atoms with Gasteiger partial charge in [0.2, 0.25) is 0 Å². The molecule has 4 aliphatic carbocycles. The van der Waals surface area contributed by atoms with Gasteiger partial charge in [-0.1, -0.05) is 6.92 Å². The first kappa shape index (κ1) is 19.0. The first-order valence-corrected chi connectivity index (χ1v) is 11.5. The molecule has 0 radical (unpaired) electrons. The molecule has 31 heavy (non-hydrogen) atoms. The third-order valence-electron chi connectivity index (χ3n) is 7.59. The number of rotatable bonds is 5. The third kappa shape index (κ3) is 3.08. The van der Waals surface area contributed by atoms with Gasteiger partial charge in [-0.05, 0) is 87.0 Å². The average molecular weight is 423 g/mol. The minimum Gasteiger partial charge on any atom is -0.425 e. The Bertz CT molecular complexity index is 1160. The molecule has 0 unspecified atom stereocenters. The van der Waals surface area contributed by atoms with Crippen LogP contribution in [0, 0.1) is 23.6 Å². The standard InChI is InChI=1S/C24H27FN4O2/c1-2-7-29-21(30)19-20(28-23(29)31-18-5-3-17(25)4-6-18)27-22(26-19)24-11-14-8-15(12-24)10-16(9-14)13-24/h3-6,14-16H,2,7-13H2,1H3,(H,26,27). The summed E-state index contributed by atoms with van der Waals surface area (Å²) in [5, 5.41) is 0. The maximum Gasteiger partial charge on any atom is 0.306 e. The number of aromatic nitrogens is 4. The van der Waals surface area contributed by atoms with Gasteiger partial charge in [-0.15, -0.1) is 0 Å². The highest BCUT2D eigenvalue weighted by Crippen LogP contribution is 2.60. The van der Waals surface area contributed by atoms with Gasteiger partial charge in [0.25, 0.3) is 5.56 Å². The topological polar surface area (TPSA) is 72.8 Å². The van der Waals surface area contributed by atoms with E-state index >= 15 is 0 Å². The molecule has 4 fully saturated rings. The van der Waals surface area contributed by atoms with Crippen molar-refractivity contribution in [2.24, 2.45) is 17.8 Å². The average Bonchev–Trinajstić information content (AvgIpc) is 3.17. The number of ether oxygens (including phenoxy) is 1. The van der Waals surface area contributed by atoms with Crippen LogP contribution in [0.4, 0.5) is 4.39 Å². The lowest BCUT2D eigenvalue weighted by Gasteiger charge is -2.55. The molecule has 4 bridgehead atoms. The van der Waals surface area contributed by atoms with Crippen molar-refractivity contribution in [2.75, 3.05) is 0 Å². The molecule has 7 heteroatoms. The van der Waals surface area contributed by atoms with Crippen LogP contribution in [0.5, 0.6) is 11.8 Å². The molecule has 0 saturated heterocycles. The molecule has 0 spiro atoms. The second-order valence-electron chi connectivity index (χ2n) is 9.89. The van der Waals surface area contributed by atoms with Crippen LogP contribution in [0.1, 0.15) is 57.7 Å². The number of H-pyrrole nitrogens is 1. The quantitative estimate of drug-likeness (QED) is 0.633. The Balaban J connectivity index is 1.43. The molecule has 0 amide bonds. The van der Waals surface area contributed by atoms with Crippen molar-refractivity contribution in [1.29, 1.82) is 0 Å². The van der Waals surface area contributed by atoms with E-state index in [2.05, 4.69) is 9.97 Å². The van der Waals surface area contributed by atoms with Crippen molar-refractivity contribution in [2.45, 2.75) is 63.8 Å². The van der Waals surface area contributed by atoms with E-state index in [9.17, 15) is 9.18 Å². The van der Waals surface area contributed by atoms with Gasteiger partial charge in [-0.25, -0.2) is 9.37 Å². The zero-order valence-corrected chi connectivity index (χ0v) is 17.7. The summed E-state index contributed by atoms with van der Waals surface area (Å²) >= 11 is 0. The van der Waals surface area contributed by atoms with Gasteiger partial charge < -0.3 is 9.72 Å². The number of imidazole rings is 1. The second-order valence-corrected chi connectivity index (χ2v) is 9.89. The Labute approximate surface area is 179 Å². The van der Waals surface area contributed by atoms with Gasteiger partial charge in [0.15, 0.2) is 11.2 Å². The van der Waals surface area contributed by atoms with E-state index in [0.29, 0.717) is 23.5 Å². The van der Waals surface area contributed by atoms with Crippen LogP contribution in [-0.4, -0.2) is 19.5 Å². The fraction of sp³-hybridized carbons (Fsp3) is 0.542. The molecule has 7 rings (SSSR count). The highest BCUT2D eigenvalue weighted by atomic mass is 19.1. The Kier molecular flexibility index (Phi) is 4.24. The minimum atomic E-state index is -0.339. The molecule has 0 atom stereocenters. The van der Waals surface area contributed by atoms with Crippen molar-refractivity contribution in [3.63, 3.8) is 0 Å². The molecule has 1 N–H and O–H groups in total. The zero-order chi connectivity index (χ0) is 21.2. The highest BCUT2D eigenvalue weighted by Gasteiger charge is 2.53. The third-order valence-corrected chi connectivity index (χ3v) is 7.59. The maximum atomic E-state index is 13.3. The summed E-state index contributed by atoms with van der Waals surface area (Å²) in [5.74, 6) is 3.42. The van der Waals surface area contributed by atoms with E-state index < -0.39 is 0 Å². The van der Waals surface area contributed by atoms with E-state index in [1.165, 1.54) is 62.8 Å². The number of hydrogen-bond acceptors (Lipinski definition) is 4. The van der Waals surface area contributed by atoms with Gasteiger partial charge in [0, 0.05) is 12.0 Å². The van der Waals surface area contributed by atoms with Gasteiger partial charge in [-0.2, -0.15) is 4.98 Å². The lowest BCUT2D eigenvalue weighted by molar-refractivity contribution is -0.00888. The SMILES string of the molecule is CCCn1c(Oc2ccc(F)cc2)nc2nc(C34CC5CC(CC(C5)C3)C4)[nH]c2c1=O. The molecule has 4 saturated carbocycles. The maximum absolute atomic E-state index is 13.3. The van der Waals surface area contributed by atoms with E-state index in [4.69, 9.17) is 9.72 Å². The zero-order valence-electron chi connectivity index (χ0n) is 17.7. The number of hydrogen-bond donors (Lipinski definition) is 1. The molecule has 3 aromatic rings. The van der Waals surface area contributed by atoms with E-state index in [1.54, 1.807) is 4.57 Å². The van der Waals surface area contributed by atoms with Crippen LogP contribution in [0.2, 0.25) is 0 Å². The number of nitrogens with zero attached hydrogens (tertiary/aromatic N) is 3. The van der Waals surface area contributed by atoms with Crippen LogP contribution >= 0.6 is 0 Å². The molecule has 1 aromatic carbocycles. The molecule has 2 heterocycles. The first-order chi connectivity index (χ1) is 15.0. The van der Waals surface area contributed by atoms with Crippen LogP contribution in [-0.2, 0) is 12.0 Å². The van der Waals surface area contributed by atoms with Crippen LogP contribution in [0.15, 0.2) is 29.1 Å². The number of aromatic amines is 1. The Morgan fingerprint density at radius 3 is 2.35 bits per heavy atom. The normalized spacial score (nSPS) is 29.0. The summed E-state index contributed by atoms with van der Waals surface area (Å²) in [6, 6.07) is 5.93. The first-order valence-electron chi connectivity index (χ1n) is 11.5. The number of halogens is 1. The summed E-state index contributed by atoms with van der Waals surface area (Å²) in [6.07, 6.45) is 8.34. The predicted octanol–water partition coefficient (Wildman–Crippen LogP) is 4.93. The van der Waals surface area contributed by atoms with Crippen molar-refractivity contribution in [1.82, 2.24) is 19.5 Å². The van der Waals surface area contributed by atoms with Crippen LogP contribution in [0.25, 0.3) is 11.2 Å². The predicted molar refractivity (Wildman–Crippen MR) is 115 cm³/mol. The van der Waals surface area contributed by atoms with Crippen molar-refractivity contribution < 1.29 is 9.13 Å². The van der Waals surface area contributed by atoms with Crippen LogP contribution < -0.4 is 10.3 Å². The highest BCUT2D eigenvalue weighted by molar-refractivity contribution is 5.70. The van der Waals surface area contributed by atoms with Gasteiger partial charge >= 0.3 is 6.01 Å². The molecule has 162 valence electrons. The van der Waals surface area contributed by atoms with Crippen molar-refractivity contribution in [3.05, 3.63) is 46.3 Å². The lowest BCUT2D eigenvalue weighted by Crippen LogP contribution is -2.49. The summed E-state index contributed by atoms with van der Waals surface area (Å²) < 4.78 is 20.7. The summed E-state index contributed by atoms with van der Waals surface area (Å²) in [7, 11) is 0. The van der Waals surface area contributed by atoms with Crippen LogP contribution in [0.3, 0.4) is 0 Å². The fourth-order valence-electron chi connectivity index (χ4n) is 6.73. The molecule has 0 aliphatic heterocycles. The Hall–Kier alpha value is -2.70. The smallest absolute Gasteiger partial charge is 0.306 e. The molecular formula is C24H27FN4O2. The van der Waals surface area contributed by atoms with Gasteiger partial charge in [0.1, 0.15) is 17.4 Å². The second kappa shape index (κ2) is 6.90. The number of nitrogens with one attached hydrogen (secondary N) is 1. The molecular weight excluding hydrogens is 395 g/mol. The van der Waals surface area contributed by atoms with Crippen molar-refractivity contribution in [3.8, 4) is 11.8 Å². The number of benzene rings is 1. The van der Waals surface area contributed by atoms with Crippen molar-refractivity contribution >= 4 is 11.2 Å². The molecule has 2 aromatic heterocycles. The van der Waals surface area contributed by atoms with E-state index in [1.807, 2.05) is 6.92 Å². The lowest BCUT2D eigenvalue weighted by atomic mass is 9.49.